The quantitative estimate of drug-likeness (QED) is 0.347. The minimum atomic E-state index is 0.00931. The first-order chi connectivity index (χ1) is 12.6. The summed E-state index contributed by atoms with van der Waals surface area (Å²) in [5.41, 5.74) is 9.65. The molecule has 0 N–H and O–H groups in total. The molecular weight excluding hydrogens is 312 g/mol. The normalized spacial score (nSPS) is 14.3. The van der Waals surface area contributed by atoms with Gasteiger partial charge in [0, 0.05) is 5.41 Å². The van der Waals surface area contributed by atoms with Crippen LogP contribution in [0.25, 0.3) is 33.0 Å². The van der Waals surface area contributed by atoms with Crippen LogP contribution in [0.3, 0.4) is 0 Å². The number of aryl methyl sites for hydroxylation is 1. The van der Waals surface area contributed by atoms with Gasteiger partial charge in [0.1, 0.15) is 0 Å². The minimum Gasteiger partial charge on any atom is -0.0619 e. The van der Waals surface area contributed by atoms with Gasteiger partial charge in [-0.25, -0.2) is 0 Å². The van der Waals surface area contributed by atoms with Crippen LogP contribution >= 0.6 is 0 Å². The summed E-state index contributed by atoms with van der Waals surface area (Å²) >= 11 is 0. The van der Waals surface area contributed by atoms with Crippen LogP contribution in [0, 0.1) is 6.92 Å². The molecule has 0 heteroatoms. The van der Waals surface area contributed by atoms with Gasteiger partial charge in [-0.15, -0.1) is 0 Å². The van der Waals surface area contributed by atoms with E-state index in [4.69, 9.17) is 0 Å². The van der Waals surface area contributed by atoms with Gasteiger partial charge in [-0.3, -0.25) is 0 Å². The van der Waals surface area contributed by atoms with Crippen LogP contribution < -0.4 is 0 Å². The zero-order valence-electron chi connectivity index (χ0n) is 15.5. The molecule has 0 saturated carbocycles. The van der Waals surface area contributed by atoms with Gasteiger partial charge >= 0.3 is 0 Å². The van der Waals surface area contributed by atoms with Crippen LogP contribution in [0.4, 0.5) is 0 Å². The summed E-state index contributed by atoms with van der Waals surface area (Å²) in [5, 5.41) is 2.65. The van der Waals surface area contributed by atoms with Crippen LogP contribution in [0.2, 0.25) is 0 Å². The molecule has 0 radical (unpaired) electrons. The van der Waals surface area contributed by atoms with Crippen molar-refractivity contribution in [1.29, 1.82) is 0 Å². The summed E-state index contributed by atoms with van der Waals surface area (Å²) < 4.78 is 0. The first kappa shape index (κ1) is 15.4. The lowest BCUT2D eigenvalue weighted by Gasteiger charge is -2.25. The highest BCUT2D eigenvalue weighted by Crippen LogP contribution is 2.52. The van der Waals surface area contributed by atoms with E-state index < -0.39 is 0 Å². The second kappa shape index (κ2) is 5.32. The van der Waals surface area contributed by atoms with Crippen molar-refractivity contribution in [1.82, 2.24) is 0 Å². The van der Waals surface area contributed by atoms with E-state index in [0.29, 0.717) is 0 Å². The molecule has 4 aromatic carbocycles. The fourth-order valence-electron chi connectivity index (χ4n) is 4.71. The van der Waals surface area contributed by atoms with E-state index in [2.05, 4.69) is 99.6 Å². The molecule has 0 aromatic heterocycles. The van der Waals surface area contributed by atoms with Gasteiger partial charge in [0.15, 0.2) is 0 Å². The van der Waals surface area contributed by atoms with Crippen molar-refractivity contribution >= 4 is 10.8 Å². The van der Waals surface area contributed by atoms with Gasteiger partial charge in [0.05, 0.1) is 0 Å². The Morgan fingerprint density at radius 2 is 1.27 bits per heavy atom. The smallest absolute Gasteiger partial charge is 0.0165 e. The van der Waals surface area contributed by atoms with Gasteiger partial charge in [0.25, 0.3) is 0 Å². The predicted molar refractivity (Wildman–Crippen MR) is 112 cm³/mol. The van der Waals surface area contributed by atoms with Gasteiger partial charge in [-0.05, 0) is 51.1 Å². The largest absolute Gasteiger partial charge is 0.0619 e. The Bertz CT molecular complexity index is 1160. The molecule has 1 aliphatic rings. The molecule has 126 valence electrons. The lowest BCUT2D eigenvalue weighted by atomic mass is 9.78. The molecule has 0 atom stereocenters. The maximum atomic E-state index is 2.36. The first-order valence-electron chi connectivity index (χ1n) is 9.30. The molecule has 0 nitrogen and oxygen atoms in total. The highest BCUT2D eigenvalue weighted by molar-refractivity contribution is 6.00. The summed E-state index contributed by atoms with van der Waals surface area (Å²) in [6.45, 7) is 6.87. The maximum Gasteiger partial charge on any atom is 0.0165 e. The molecule has 4 aromatic rings. The van der Waals surface area contributed by atoms with Crippen molar-refractivity contribution in [2.24, 2.45) is 0 Å². The molecule has 0 saturated heterocycles. The summed E-state index contributed by atoms with van der Waals surface area (Å²) in [6.07, 6.45) is 0. The molecule has 0 bridgehead atoms. The topological polar surface area (TPSA) is 0 Å². The number of hydrogen-bond donors (Lipinski definition) is 0. The molecule has 0 amide bonds. The summed E-state index contributed by atoms with van der Waals surface area (Å²) in [4.78, 5) is 0. The van der Waals surface area contributed by atoms with E-state index in [1.807, 2.05) is 0 Å². The fourth-order valence-corrected chi connectivity index (χ4v) is 4.71. The van der Waals surface area contributed by atoms with E-state index in [9.17, 15) is 0 Å². The van der Waals surface area contributed by atoms with Crippen molar-refractivity contribution in [2.45, 2.75) is 26.2 Å². The second-order valence-corrected chi connectivity index (χ2v) is 7.93. The Labute approximate surface area is 155 Å². The SMILES string of the molecule is Cc1ccc2c(-c3cccc4c3C(C)(C)c3ccccc3-4)cccc2c1. The van der Waals surface area contributed by atoms with E-state index in [0.717, 1.165) is 0 Å². The van der Waals surface area contributed by atoms with Crippen LogP contribution in [-0.2, 0) is 5.41 Å². The molecule has 0 aliphatic heterocycles. The average molecular weight is 334 g/mol. The molecule has 0 heterocycles. The predicted octanol–water partition coefficient (Wildman–Crippen LogP) is 7.12. The maximum absolute atomic E-state index is 2.36. The zero-order chi connectivity index (χ0) is 17.9. The Hall–Kier alpha value is -2.86. The van der Waals surface area contributed by atoms with Crippen LogP contribution in [0.5, 0.6) is 0 Å². The molecule has 1 aliphatic carbocycles. The van der Waals surface area contributed by atoms with E-state index in [-0.39, 0.29) is 5.41 Å². The second-order valence-electron chi connectivity index (χ2n) is 7.93. The van der Waals surface area contributed by atoms with Crippen LogP contribution in [0.1, 0.15) is 30.5 Å². The summed E-state index contributed by atoms with van der Waals surface area (Å²) in [7, 11) is 0. The van der Waals surface area contributed by atoms with Crippen molar-refractivity contribution < 1.29 is 0 Å². The minimum absolute atomic E-state index is 0.00931. The summed E-state index contributed by atoms with van der Waals surface area (Å²) in [6, 6.07) is 29.1. The Morgan fingerprint density at radius 1 is 0.615 bits per heavy atom. The third-order valence-electron chi connectivity index (χ3n) is 5.91. The number of fused-ring (bicyclic) bond motifs is 4. The molecule has 26 heavy (non-hydrogen) atoms. The number of rotatable bonds is 1. The summed E-state index contributed by atoms with van der Waals surface area (Å²) in [5.74, 6) is 0. The van der Waals surface area contributed by atoms with Gasteiger partial charge < -0.3 is 0 Å². The zero-order valence-corrected chi connectivity index (χ0v) is 15.5. The van der Waals surface area contributed by atoms with E-state index in [1.54, 1.807) is 0 Å². The van der Waals surface area contributed by atoms with Crippen molar-refractivity contribution in [3.63, 3.8) is 0 Å². The van der Waals surface area contributed by atoms with Gasteiger partial charge in [0.2, 0.25) is 0 Å². The monoisotopic (exact) mass is 334 g/mol. The third kappa shape index (κ3) is 2.02. The molecule has 5 rings (SSSR count). The highest BCUT2D eigenvalue weighted by atomic mass is 14.4. The van der Waals surface area contributed by atoms with Crippen LogP contribution in [-0.4, -0.2) is 0 Å². The lowest BCUT2D eigenvalue weighted by molar-refractivity contribution is 0.662. The Kier molecular flexibility index (Phi) is 3.15. The van der Waals surface area contributed by atoms with Gasteiger partial charge in [-0.2, -0.15) is 0 Å². The Balaban J connectivity index is 1.86. The van der Waals surface area contributed by atoms with E-state index >= 15 is 0 Å². The number of hydrogen-bond acceptors (Lipinski definition) is 0. The number of benzene rings is 4. The van der Waals surface area contributed by atoms with Crippen molar-refractivity contribution in [2.75, 3.05) is 0 Å². The molecule has 0 fully saturated rings. The highest BCUT2D eigenvalue weighted by Gasteiger charge is 2.37. The molecular formula is C26H22. The molecule has 0 spiro atoms. The van der Waals surface area contributed by atoms with Gasteiger partial charge in [-0.1, -0.05) is 98.3 Å². The van der Waals surface area contributed by atoms with E-state index in [1.165, 1.54) is 49.7 Å². The molecule has 0 unspecified atom stereocenters. The average Bonchev–Trinajstić information content (AvgIpc) is 2.89. The standard InChI is InChI=1S/C26H22/c1-17-14-15-19-18(16-17)8-6-10-20(19)22-11-7-12-23-21-9-4-5-13-24(21)26(2,3)25(22)23/h4-16H,1-3H3. The lowest BCUT2D eigenvalue weighted by Crippen LogP contribution is -2.16. The van der Waals surface area contributed by atoms with Crippen LogP contribution in [0.15, 0.2) is 78.9 Å². The van der Waals surface area contributed by atoms with Crippen molar-refractivity contribution in [3.8, 4) is 22.3 Å². The fraction of sp³-hybridized carbons (Fsp3) is 0.154. The first-order valence-corrected chi connectivity index (χ1v) is 9.30. The third-order valence-corrected chi connectivity index (χ3v) is 5.91. The Morgan fingerprint density at radius 3 is 2.12 bits per heavy atom. The van der Waals surface area contributed by atoms with Crippen molar-refractivity contribution in [3.05, 3.63) is 95.6 Å².